The van der Waals surface area contributed by atoms with Gasteiger partial charge in [-0.15, -0.1) is 11.6 Å². The summed E-state index contributed by atoms with van der Waals surface area (Å²) in [6.07, 6.45) is 0.365. The number of sulfonamides is 1. The molecule has 5 nitrogen and oxygen atoms in total. The standard InChI is InChI=1S/C13H12ClNO4S/c14-6-8-19-13(16)10-5-7-15-12(10)9-3-1-2-4-11(9)20(15,17)18/h1-4H,5-8H2. The third kappa shape index (κ3) is 1.83. The van der Waals surface area contributed by atoms with Gasteiger partial charge >= 0.3 is 5.97 Å². The lowest BCUT2D eigenvalue weighted by Crippen LogP contribution is -2.21. The summed E-state index contributed by atoms with van der Waals surface area (Å²) in [5.74, 6) is -0.275. The first-order chi connectivity index (χ1) is 9.57. The number of alkyl halides is 1. The molecule has 0 amide bonds. The molecule has 0 spiro atoms. The SMILES string of the molecule is O=C(OCCCl)C1=C2c3ccccc3S(=O)(=O)N2CC1. The second-order valence-corrected chi connectivity index (χ2v) is 6.68. The molecule has 2 aliphatic rings. The van der Waals surface area contributed by atoms with E-state index in [1.54, 1.807) is 24.3 Å². The summed E-state index contributed by atoms with van der Waals surface area (Å²) in [5.41, 5.74) is 1.44. The minimum atomic E-state index is -3.53. The number of esters is 1. The predicted molar refractivity (Wildman–Crippen MR) is 73.5 cm³/mol. The molecule has 2 heterocycles. The van der Waals surface area contributed by atoms with Crippen molar-refractivity contribution in [2.75, 3.05) is 19.0 Å². The lowest BCUT2D eigenvalue weighted by Gasteiger charge is -2.11. The number of carbonyl (C=O) groups excluding carboxylic acids is 1. The molecule has 0 aliphatic carbocycles. The Bertz CT molecular complexity index is 711. The lowest BCUT2D eigenvalue weighted by molar-refractivity contribution is -0.138. The van der Waals surface area contributed by atoms with Crippen LogP contribution in [-0.2, 0) is 19.6 Å². The van der Waals surface area contributed by atoms with E-state index >= 15 is 0 Å². The first-order valence-electron chi connectivity index (χ1n) is 6.15. The molecular weight excluding hydrogens is 302 g/mol. The minimum Gasteiger partial charge on any atom is -0.461 e. The lowest BCUT2D eigenvalue weighted by atomic mass is 10.1. The van der Waals surface area contributed by atoms with Gasteiger partial charge in [0.15, 0.2) is 0 Å². The molecule has 0 aromatic heterocycles. The van der Waals surface area contributed by atoms with Crippen LogP contribution in [0, 0.1) is 0 Å². The third-order valence-corrected chi connectivity index (χ3v) is 5.38. The van der Waals surface area contributed by atoms with E-state index in [-0.39, 0.29) is 23.9 Å². The first kappa shape index (κ1) is 13.5. The van der Waals surface area contributed by atoms with Crippen LogP contribution in [0.25, 0.3) is 5.70 Å². The molecule has 0 radical (unpaired) electrons. The Balaban J connectivity index is 2.11. The Morgan fingerprint density at radius 2 is 2.10 bits per heavy atom. The maximum absolute atomic E-state index is 12.4. The molecule has 3 rings (SSSR count). The maximum atomic E-state index is 12.4. The number of nitrogens with zero attached hydrogens (tertiary/aromatic N) is 1. The fourth-order valence-electron chi connectivity index (χ4n) is 2.55. The van der Waals surface area contributed by atoms with Gasteiger partial charge in [-0.3, -0.25) is 4.31 Å². The predicted octanol–water partition coefficient (Wildman–Crippen LogP) is 1.59. The van der Waals surface area contributed by atoms with Crippen LogP contribution in [-0.4, -0.2) is 37.7 Å². The van der Waals surface area contributed by atoms with Gasteiger partial charge in [0, 0.05) is 18.5 Å². The summed E-state index contributed by atoms with van der Waals surface area (Å²) >= 11 is 5.49. The van der Waals surface area contributed by atoms with E-state index in [0.717, 1.165) is 0 Å². The van der Waals surface area contributed by atoms with Gasteiger partial charge in [-0.25, -0.2) is 13.2 Å². The molecule has 0 saturated heterocycles. The second-order valence-electron chi connectivity index (χ2n) is 4.48. The monoisotopic (exact) mass is 313 g/mol. The summed E-state index contributed by atoms with van der Waals surface area (Å²) < 4.78 is 31.0. The molecule has 0 atom stereocenters. The van der Waals surface area contributed by atoms with Gasteiger partial charge in [-0.2, -0.15) is 0 Å². The third-order valence-electron chi connectivity index (χ3n) is 3.37. The summed E-state index contributed by atoms with van der Waals surface area (Å²) in [6, 6.07) is 6.69. The maximum Gasteiger partial charge on any atom is 0.336 e. The van der Waals surface area contributed by atoms with Crippen molar-refractivity contribution in [2.45, 2.75) is 11.3 Å². The Hall–Kier alpha value is -1.53. The van der Waals surface area contributed by atoms with Gasteiger partial charge in [0.2, 0.25) is 0 Å². The highest BCUT2D eigenvalue weighted by molar-refractivity contribution is 7.90. The fourth-order valence-corrected chi connectivity index (χ4v) is 4.34. The molecule has 2 aliphatic heterocycles. The van der Waals surface area contributed by atoms with Crippen molar-refractivity contribution in [3.63, 3.8) is 0 Å². The number of benzene rings is 1. The Kier molecular flexibility index (Phi) is 3.22. The molecule has 1 aromatic carbocycles. The number of rotatable bonds is 3. The topological polar surface area (TPSA) is 63.7 Å². The zero-order valence-electron chi connectivity index (χ0n) is 10.5. The smallest absolute Gasteiger partial charge is 0.336 e. The molecule has 106 valence electrons. The van der Waals surface area contributed by atoms with E-state index in [2.05, 4.69) is 0 Å². The number of carbonyl (C=O) groups is 1. The van der Waals surface area contributed by atoms with Crippen LogP contribution < -0.4 is 0 Å². The normalized spacial score (nSPS) is 18.9. The molecule has 0 bridgehead atoms. The minimum absolute atomic E-state index is 0.117. The molecule has 20 heavy (non-hydrogen) atoms. The van der Waals surface area contributed by atoms with Crippen molar-refractivity contribution >= 4 is 33.3 Å². The zero-order chi connectivity index (χ0) is 14.3. The average Bonchev–Trinajstić information content (AvgIpc) is 2.97. The molecule has 7 heteroatoms. The Morgan fingerprint density at radius 1 is 1.35 bits per heavy atom. The van der Waals surface area contributed by atoms with Gasteiger partial charge in [0.05, 0.1) is 22.0 Å². The van der Waals surface area contributed by atoms with E-state index in [1.807, 2.05) is 0 Å². The number of hydrogen-bond donors (Lipinski definition) is 0. The summed E-state index contributed by atoms with van der Waals surface area (Å²) in [7, 11) is -3.53. The number of halogens is 1. The van der Waals surface area contributed by atoms with Crippen LogP contribution in [0.1, 0.15) is 12.0 Å². The average molecular weight is 314 g/mol. The molecule has 0 fully saturated rings. The van der Waals surface area contributed by atoms with Crippen LogP contribution in [0.5, 0.6) is 0 Å². The van der Waals surface area contributed by atoms with Gasteiger partial charge in [0.1, 0.15) is 6.61 Å². The van der Waals surface area contributed by atoms with Crippen molar-refractivity contribution in [3.05, 3.63) is 35.4 Å². The molecule has 0 N–H and O–H groups in total. The van der Waals surface area contributed by atoms with Crippen LogP contribution in [0.2, 0.25) is 0 Å². The van der Waals surface area contributed by atoms with Gasteiger partial charge in [0.25, 0.3) is 10.0 Å². The summed E-state index contributed by atoms with van der Waals surface area (Å²) in [4.78, 5) is 12.3. The van der Waals surface area contributed by atoms with E-state index in [4.69, 9.17) is 16.3 Å². The van der Waals surface area contributed by atoms with Crippen molar-refractivity contribution in [1.29, 1.82) is 0 Å². The highest BCUT2D eigenvalue weighted by Gasteiger charge is 2.44. The van der Waals surface area contributed by atoms with E-state index < -0.39 is 16.0 Å². The van der Waals surface area contributed by atoms with Crippen molar-refractivity contribution in [1.82, 2.24) is 4.31 Å². The summed E-state index contributed by atoms with van der Waals surface area (Å²) in [6.45, 7) is 0.392. The Morgan fingerprint density at radius 3 is 2.85 bits per heavy atom. The first-order valence-corrected chi connectivity index (χ1v) is 8.13. The highest BCUT2D eigenvalue weighted by atomic mass is 35.5. The van der Waals surface area contributed by atoms with Crippen LogP contribution in [0.3, 0.4) is 0 Å². The molecule has 1 aromatic rings. The number of hydrogen-bond acceptors (Lipinski definition) is 4. The number of fused-ring (bicyclic) bond motifs is 3. The molecular formula is C13H12ClNO4S. The fraction of sp³-hybridized carbons (Fsp3) is 0.308. The number of ether oxygens (including phenoxy) is 1. The highest BCUT2D eigenvalue weighted by Crippen LogP contribution is 2.44. The zero-order valence-corrected chi connectivity index (χ0v) is 12.1. The van der Waals surface area contributed by atoms with E-state index in [0.29, 0.717) is 23.3 Å². The van der Waals surface area contributed by atoms with E-state index in [1.165, 1.54) is 4.31 Å². The van der Waals surface area contributed by atoms with Crippen molar-refractivity contribution < 1.29 is 17.9 Å². The molecule has 0 unspecified atom stereocenters. The van der Waals surface area contributed by atoms with Crippen LogP contribution in [0.15, 0.2) is 34.7 Å². The van der Waals surface area contributed by atoms with Gasteiger partial charge in [-0.05, 0) is 6.07 Å². The van der Waals surface area contributed by atoms with Crippen molar-refractivity contribution in [3.8, 4) is 0 Å². The van der Waals surface area contributed by atoms with Crippen molar-refractivity contribution in [2.24, 2.45) is 0 Å². The second kappa shape index (κ2) is 4.79. The molecule has 0 saturated carbocycles. The van der Waals surface area contributed by atoms with Crippen LogP contribution in [0.4, 0.5) is 0 Å². The Labute approximate surface area is 121 Å². The largest absolute Gasteiger partial charge is 0.461 e. The van der Waals surface area contributed by atoms with Gasteiger partial charge in [-0.1, -0.05) is 18.2 Å². The van der Waals surface area contributed by atoms with Crippen LogP contribution >= 0.6 is 11.6 Å². The van der Waals surface area contributed by atoms with E-state index in [9.17, 15) is 13.2 Å². The van der Waals surface area contributed by atoms with Gasteiger partial charge < -0.3 is 4.74 Å². The summed E-state index contributed by atoms with van der Waals surface area (Å²) in [5, 5.41) is 0. The quantitative estimate of drug-likeness (QED) is 0.628.